The summed E-state index contributed by atoms with van der Waals surface area (Å²) in [6, 6.07) is 22.5. The first-order valence-electron chi connectivity index (χ1n) is 10.3. The van der Waals surface area contributed by atoms with Crippen LogP contribution in [0.2, 0.25) is 0 Å². The summed E-state index contributed by atoms with van der Waals surface area (Å²) in [5.41, 5.74) is 0.630. The molecule has 3 aromatic carbocycles. The first-order chi connectivity index (χ1) is 15.1. The molecule has 1 heterocycles. The van der Waals surface area contributed by atoms with Crippen molar-refractivity contribution in [1.29, 1.82) is 0 Å². The minimum Gasteiger partial charge on any atom is -0.457 e. The van der Waals surface area contributed by atoms with E-state index in [1.54, 1.807) is 46.2 Å². The molecule has 6 heteroatoms. The molecule has 0 saturated carbocycles. The van der Waals surface area contributed by atoms with Crippen molar-refractivity contribution in [2.75, 3.05) is 26.2 Å². The lowest BCUT2D eigenvalue weighted by Gasteiger charge is -2.22. The highest BCUT2D eigenvalue weighted by Gasteiger charge is 2.24. The lowest BCUT2D eigenvalue weighted by Crippen LogP contribution is -2.37. The summed E-state index contributed by atoms with van der Waals surface area (Å²) < 4.78 is 19.7. The highest BCUT2D eigenvalue weighted by Crippen LogP contribution is 2.22. The summed E-state index contributed by atoms with van der Waals surface area (Å²) in [6.07, 6.45) is 0.640. The van der Waals surface area contributed by atoms with Gasteiger partial charge in [-0.2, -0.15) is 0 Å². The average Bonchev–Trinajstić information content (AvgIpc) is 3.06. The number of halogens is 1. The predicted molar refractivity (Wildman–Crippen MR) is 116 cm³/mol. The Labute approximate surface area is 180 Å². The summed E-state index contributed by atoms with van der Waals surface area (Å²) in [6.45, 7) is 1.80. The van der Waals surface area contributed by atoms with Gasteiger partial charge < -0.3 is 14.5 Å². The number of para-hydroxylation sites is 1. The standard InChI is InChI=1S/C25H23FN2O3/c26-23-10-5-4-9-22(23)25(30)28-16-6-15-27(17-18-28)24(29)19-11-13-21(14-12-19)31-20-7-2-1-3-8-20/h1-5,7-14H,6,15-18H2. The van der Waals surface area contributed by atoms with Crippen LogP contribution in [0.3, 0.4) is 0 Å². The lowest BCUT2D eigenvalue weighted by molar-refractivity contribution is 0.0716. The van der Waals surface area contributed by atoms with Gasteiger partial charge in [-0.1, -0.05) is 30.3 Å². The number of hydrogen-bond donors (Lipinski definition) is 0. The van der Waals surface area contributed by atoms with E-state index >= 15 is 0 Å². The summed E-state index contributed by atoms with van der Waals surface area (Å²) in [5, 5.41) is 0. The van der Waals surface area contributed by atoms with Crippen LogP contribution in [0.15, 0.2) is 78.9 Å². The van der Waals surface area contributed by atoms with E-state index in [2.05, 4.69) is 0 Å². The molecule has 1 fully saturated rings. The zero-order valence-corrected chi connectivity index (χ0v) is 17.0. The Balaban J connectivity index is 1.38. The Kier molecular flexibility index (Phi) is 6.26. The minimum atomic E-state index is -0.525. The van der Waals surface area contributed by atoms with Gasteiger partial charge in [-0.25, -0.2) is 4.39 Å². The molecule has 1 aliphatic rings. The average molecular weight is 418 g/mol. The molecule has 31 heavy (non-hydrogen) atoms. The molecule has 4 rings (SSSR count). The SMILES string of the molecule is O=C(c1ccc(Oc2ccccc2)cc1)N1CCCN(C(=O)c2ccccc2F)CC1. The molecule has 3 aromatic rings. The van der Waals surface area contributed by atoms with Crippen molar-refractivity contribution in [1.82, 2.24) is 9.80 Å². The number of benzene rings is 3. The molecule has 1 aliphatic heterocycles. The number of carbonyl (C=O) groups excluding carboxylic acids is 2. The highest BCUT2D eigenvalue weighted by atomic mass is 19.1. The number of hydrogen-bond acceptors (Lipinski definition) is 3. The van der Waals surface area contributed by atoms with Crippen molar-refractivity contribution < 1.29 is 18.7 Å². The molecule has 0 unspecified atom stereocenters. The Morgan fingerprint density at radius 1 is 0.677 bits per heavy atom. The zero-order chi connectivity index (χ0) is 21.6. The molecule has 0 aliphatic carbocycles. The van der Waals surface area contributed by atoms with Crippen LogP contribution in [-0.2, 0) is 0 Å². The van der Waals surface area contributed by atoms with Gasteiger partial charge in [0, 0.05) is 31.7 Å². The summed E-state index contributed by atoms with van der Waals surface area (Å²) in [7, 11) is 0. The van der Waals surface area contributed by atoms with E-state index in [-0.39, 0.29) is 17.4 Å². The number of amides is 2. The van der Waals surface area contributed by atoms with E-state index in [4.69, 9.17) is 4.74 Å². The fourth-order valence-corrected chi connectivity index (χ4v) is 3.60. The van der Waals surface area contributed by atoms with Crippen LogP contribution in [-0.4, -0.2) is 47.8 Å². The van der Waals surface area contributed by atoms with Gasteiger partial charge in [-0.3, -0.25) is 9.59 Å². The summed E-state index contributed by atoms with van der Waals surface area (Å²) in [5.74, 6) is 0.428. The van der Waals surface area contributed by atoms with Crippen molar-refractivity contribution in [3.8, 4) is 11.5 Å². The second-order valence-electron chi connectivity index (χ2n) is 7.36. The predicted octanol–water partition coefficient (Wildman–Crippen LogP) is 4.61. The van der Waals surface area contributed by atoms with Gasteiger partial charge in [0.15, 0.2) is 0 Å². The lowest BCUT2D eigenvalue weighted by atomic mass is 10.2. The van der Waals surface area contributed by atoms with Gasteiger partial charge in [0.1, 0.15) is 17.3 Å². The zero-order valence-electron chi connectivity index (χ0n) is 17.0. The maximum absolute atomic E-state index is 14.0. The van der Waals surface area contributed by atoms with Crippen LogP contribution < -0.4 is 4.74 Å². The van der Waals surface area contributed by atoms with Crippen LogP contribution >= 0.6 is 0 Å². The molecular weight excluding hydrogens is 395 g/mol. The normalized spacial score (nSPS) is 14.1. The fraction of sp³-hybridized carbons (Fsp3) is 0.200. The van der Waals surface area contributed by atoms with Crippen molar-refractivity contribution in [2.24, 2.45) is 0 Å². The smallest absolute Gasteiger partial charge is 0.256 e. The van der Waals surface area contributed by atoms with Gasteiger partial charge in [0.2, 0.25) is 0 Å². The van der Waals surface area contributed by atoms with Crippen molar-refractivity contribution in [2.45, 2.75) is 6.42 Å². The van der Waals surface area contributed by atoms with Crippen molar-refractivity contribution in [3.05, 3.63) is 95.8 Å². The van der Waals surface area contributed by atoms with Crippen molar-refractivity contribution in [3.63, 3.8) is 0 Å². The molecule has 0 N–H and O–H groups in total. The Bertz CT molecular complexity index is 1050. The first-order valence-corrected chi connectivity index (χ1v) is 10.3. The molecule has 0 aromatic heterocycles. The molecule has 0 radical (unpaired) electrons. The molecule has 0 atom stereocenters. The number of rotatable bonds is 4. The van der Waals surface area contributed by atoms with Gasteiger partial charge in [0.05, 0.1) is 5.56 Å². The fourth-order valence-electron chi connectivity index (χ4n) is 3.60. The Morgan fingerprint density at radius 2 is 1.26 bits per heavy atom. The Hall–Kier alpha value is -3.67. The van der Waals surface area contributed by atoms with E-state index in [1.807, 2.05) is 30.3 Å². The molecule has 158 valence electrons. The topological polar surface area (TPSA) is 49.9 Å². The number of ether oxygens (including phenoxy) is 1. The van der Waals surface area contributed by atoms with Gasteiger partial charge in [0.25, 0.3) is 11.8 Å². The Morgan fingerprint density at radius 3 is 1.94 bits per heavy atom. The van der Waals surface area contributed by atoms with Crippen LogP contribution in [0.5, 0.6) is 11.5 Å². The molecule has 0 bridgehead atoms. The molecule has 5 nitrogen and oxygen atoms in total. The van der Waals surface area contributed by atoms with E-state index in [1.165, 1.54) is 12.1 Å². The summed E-state index contributed by atoms with van der Waals surface area (Å²) >= 11 is 0. The van der Waals surface area contributed by atoms with E-state index in [9.17, 15) is 14.0 Å². The quantitative estimate of drug-likeness (QED) is 0.622. The van der Waals surface area contributed by atoms with Gasteiger partial charge >= 0.3 is 0 Å². The molecular formula is C25H23FN2O3. The van der Waals surface area contributed by atoms with Crippen LogP contribution in [0.1, 0.15) is 27.1 Å². The van der Waals surface area contributed by atoms with E-state index in [0.29, 0.717) is 43.9 Å². The monoisotopic (exact) mass is 418 g/mol. The summed E-state index contributed by atoms with van der Waals surface area (Å²) in [4.78, 5) is 29.0. The largest absolute Gasteiger partial charge is 0.457 e. The number of carbonyl (C=O) groups is 2. The third-order valence-corrected chi connectivity index (χ3v) is 5.25. The van der Waals surface area contributed by atoms with Crippen LogP contribution in [0.4, 0.5) is 4.39 Å². The number of nitrogens with zero attached hydrogens (tertiary/aromatic N) is 2. The highest BCUT2D eigenvalue weighted by molar-refractivity contribution is 5.95. The minimum absolute atomic E-state index is 0.0660. The van der Waals surface area contributed by atoms with Gasteiger partial charge in [-0.05, 0) is 55.0 Å². The van der Waals surface area contributed by atoms with Crippen LogP contribution in [0, 0.1) is 5.82 Å². The van der Waals surface area contributed by atoms with Crippen molar-refractivity contribution >= 4 is 11.8 Å². The molecule has 1 saturated heterocycles. The van der Waals surface area contributed by atoms with E-state index < -0.39 is 5.82 Å². The molecule has 2 amide bonds. The maximum Gasteiger partial charge on any atom is 0.256 e. The van der Waals surface area contributed by atoms with Gasteiger partial charge in [-0.15, -0.1) is 0 Å². The third kappa shape index (κ3) is 4.91. The molecule has 0 spiro atoms. The third-order valence-electron chi connectivity index (χ3n) is 5.25. The van der Waals surface area contributed by atoms with Crippen LogP contribution in [0.25, 0.3) is 0 Å². The second kappa shape index (κ2) is 9.43. The maximum atomic E-state index is 14.0. The first kappa shape index (κ1) is 20.6. The second-order valence-corrected chi connectivity index (χ2v) is 7.36. The van der Waals surface area contributed by atoms with E-state index in [0.717, 1.165) is 5.75 Å².